The third-order valence-corrected chi connectivity index (χ3v) is 4.83. The third-order valence-electron chi connectivity index (χ3n) is 4.83. The highest BCUT2D eigenvalue weighted by molar-refractivity contribution is 5.36. The Morgan fingerprint density at radius 2 is 1.96 bits per heavy atom. The average Bonchev–Trinajstić information content (AvgIpc) is 3.11. The van der Waals surface area contributed by atoms with Crippen molar-refractivity contribution in [2.45, 2.75) is 52.6 Å². The molecular formula is C22H28N4. The molecule has 0 bridgehead atoms. The molecule has 136 valence electrons. The number of aromatic nitrogens is 3. The summed E-state index contributed by atoms with van der Waals surface area (Å²) < 4.78 is 0. The molecule has 4 heteroatoms. The molecule has 0 aliphatic heterocycles. The molecule has 1 aromatic carbocycles. The quantitative estimate of drug-likeness (QED) is 0.623. The highest BCUT2D eigenvalue weighted by atomic mass is 15.0. The number of hydrogen-bond acceptors (Lipinski definition) is 3. The Hall–Kier alpha value is -2.46. The molecule has 4 nitrogen and oxygen atoms in total. The van der Waals surface area contributed by atoms with Crippen LogP contribution < -0.4 is 5.32 Å². The SMILES string of the molecule is CCCCc1ncc(CNC(c2cccnc2)c2ccc(C)c(C)c2)[nH]1. The van der Waals surface area contributed by atoms with E-state index in [1.54, 1.807) is 0 Å². The van der Waals surface area contributed by atoms with Gasteiger partial charge in [-0.05, 0) is 48.6 Å². The van der Waals surface area contributed by atoms with E-state index in [1.165, 1.54) is 35.1 Å². The minimum absolute atomic E-state index is 0.102. The Kier molecular flexibility index (Phi) is 6.18. The molecule has 2 aromatic heterocycles. The summed E-state index contributed by atoms with van der Waals surface area (Å²) >= 11 is 0. The molecule has 0 aliphatic rings. The molecule has 3 aromatic rings. The van der Waals surface area contributed by atoms with Crippen LogP contribution in [0.25, 0.3) is 0 Å². The lowest BCUT2D eigenvalue weighted by molar-refractivity contribution is 0.595. The van der Waals surface area contributed by atoms with E-state index in [0.717, 1.165) is 24.5 Å². The first-order valence-corrected chi connectivity index (χ1v) is 9.40. The maximum absolute atomic E-state index is 4.49. The maximum Gasteiger partial charge on any atom is 0.106 e. The van der Waals surface area contributed by atoms with Gasteiger partial charge in [0, 0.05) is 37.3 Å². The number of nitrogens with zero attached hydrogens (tertiary/aromatic N) is 2. The van der Waals surface area contributed by atoms with Gasteiger partial charge in [0.1, 0.15) is 5.82 Å². The van der Waals surface area contributed by atoms with Gasteiger partial charge in [0.25, 0.3) is 0 Å². The summed E-state index contributed by atoms with van der Waals surface area (Å²) in [5.41, 5.74) is 6.16. The van der Waals surface area contributed by atoms with Crippen molar-refractivity contribution in [1.29, 1.82) is 0 Å². The standard InChI is InChI=1S/C22H28N4/c1-4-5-8-21-24-14-20(26-21)15-25-22(19-7-6-11-23-13-19)18-10-9-16(2)17(3)12-18/h6-7,9-14,22,25H,4-5,8,15H2,1-3H3,(H,24,26). The number of aryl methyl sites for hydroxylation is 3. The average molecular weight is 348 g/mol. The molecule has 0 saturated heterocycles. The number of aromatic amines is 1. The van der Waals surface area contributed by atoms with E-state index in [4.69, 9.17) is 0 Å². The van der Waals surface area contributed by atoms with E-state index >= 15 is 0 Å². The van der Waals surface area contributed by atoms with Gasteiger partial charge >= 0.3 is 0 Å². The minimum atomic E-state index is 0.102. The van der Waals surface area contributed by atoms with Gasteiger partial charge in [0.05, 0.1) is 6.04 Å². The lowest BCUT2D eigenvalue weighted by atomic mass is 9.96. The second-order valence-corrected chi connectivity index (χ2v) is 6.90. The largest absolute Gasteiger partial charge is 0.345 e. The summed E-state index contributed by atoms with van der Waals surface area (Å²) in [4.78, 5) is 12.2. The number of nitrogens with one attached hydrogen (secondary N) is 2. The van der Waals surface area contributed by atoms with Crippen LogP contribution in [0, 0.1) is 13.8 Å². The Bertz CT molecular complexity index is 823. The van der Waals surface area contributed by atoms with E-state index in [2.05, 4.69) is 65.3 Å². The van der Waals surface area contributed by atoms with Gasteiger partial charge in [-0.25, -0.2) is 4.98 Å². The molecule has 1 unspecified atom stereocenters. The molecule has 2 heterocycles. The number of H-pyrrole nitrogens is 1. The van der Waals surface area contributed by atoms with Crippen LogP contribution in [-0.4, -0.2) is 15.0 Å². The van der Waals surface area contributed by atoms with Crippen LogP contribution in [0.1, 0.15) is 59.6 Å². The second kappa shape index (κ2) is 8.77. The molecular weight excluding hydrogens is 320 g/mol. The van der Waals surface area contributed by atoms with Crippen LogP contribution in [0.15, 0.2) is 48.9 Å². The zero-order valence-corrected chi connectivity index (χ0v) is 15.9. The fraction of sp³-hybridized carbons (Fsp3) is 0.364. The van der Waals surface area contributed by atoms with Crippen molar-refractivity contribution in [2.24, 2.45) is 0 Å². The fourth-order valence-corrected chi connectivity index (χ4v) is 3.10. The monoisotopic (exact) mass is 348 g/mol. The highest BCUT2D eigenvalue weighted by Crippen LogP contribution is 2.24. The van der Waals surface area contributed by atoms with Crippen molar-refractivity contribution in [3.8, 4) is 0 Å². The Labute approximate surface area is 156 Å². The second-order valence-electron chi connectivity index (χ2n) is 6.90. The van der Waals surface area contributed by atoms with Gasteiger partial charge in [-0.3, -0.25) is 4.98 Å². The molecule has 26 heavy (non-hydrogen) atoms. The molecule has 3 rings (SSSR count). The summed E-state index contributed by atoms with van der Waals surface area (Å²) in [6.07, 6.45) is 9.06. The highest BCUT2D eigenvalue weighted by Gasteiger charge is 2.15. The number of benzene rings is 1. The zero-order valence-electron chi connectivity index (χ0n) is 15.9. The van der Waals surface area contributed by atoms with Gasteiger partial charge in [-0.2, -0.15) is 0 Å². The van der Waals surface area contributed by atoms with E-state index in [-0.39, 0.29) is 6.04 Å². The molecule has 0 fully saturated rings. The molecule has 2 N–H and O–H groups in total. The first-order valence-electron chi connectivity index (χ1n) is 9.40. The summed E-state index contributed by atoms with van der Waals surface area (Å²) in [6, 6.07) is 10.9. The van der Waals surface area contributed by atoms with Crippen molar-refractivity contribution in [3.63, 3.8) is 0 Å². The minimum Gasteiger partial charge on any atom is -0.345 e. The zero-order chi connectivity index (χ0) is 18.4. The first-order chi connectivity index (χ1) is 12.7. The molecule has 1 atom stereocenters. The van der Waals surface area contributed by atoms with Crippen LogP contribution in [0.5, 0.6) is 0 Å². The molecule has 0 amide bonds. The third kappa shape index (κ3) is 4.58. The van der Waals surface area contributed by atoms with Crippen LogP contribution in [0.3, 0.4) is 0 Å². The summed E-state index contributed by atoms with van der Waals surface area (Å²) in [7, 11) is 0. The molecule has 0 spiro atoms. The van der Waals surface area contributed by atoms with Gasteiger partial charge in [-0.15, -0.1) is 0 Å². The summed E-state index contributed by atoms with van der Waals surface area (Å²) in [5, 5.41) is 3.67. The number of unbranched alkanes of at least 4 members (excludes halogenated alkanes) is 1. The summed E-state index contributed by atoms with van der Waals surface area (Å²) in [6.45, 7) is 7.25. The first kappa shape index (κ1) is 18.3. The normalized spacial score (nSPS) is 12.3. The number of imidazole rings is 1. The van der Waals surface area contributed by atoms with Crippen LogP contribution in [-0.2, 0) is 13.0 Å². The van der Waals surface area contributed by atoms with Crippen molar-refractivity contribution in [1.82, 2.24) is 20.3 Å². The smallest absolute Gasteiger partial charge is 0.106 e. The van der Waals surface area contributed by atoms with Crippen molar-refractivity contribution >= 4 is 0 Å². The van der Waals surface area contributed by atoms with E-state index in [1.807, 2.05) is 24.7 Å². The predicted molar refractivity (Wildman–Crippen MR) is 106 cm³/mol. The Balaban J connectivity index is 1.78. The fourth-order valence-electron chi connectivity index (χ4n) is 3.10. The predicted octanol–water partition coefficient (Wildman–Crippen LogP) is 4.64. The number of pyridine rings is 1. The van der Waals surface area contributed by atoms with Crippen LogP contribution >= 0.6 is 0 Å². The maximum atomic E-state index is 4.49. The van der Waals surface area contributed by atoms with Gasteiger partial charge in [0.15, 0.2) is 0 Å². The molecule has 0 aliphatic carbocycles. The molecule has 0 radical (unpaired) electrons. The number of rotatable bonds is 8. The van der Waals surface area contributed by atoms with Gasteiger partial charge < -0.3 is 10.3 Å². The van der Waals surface area contributed by atoms with Gasteiger partial charge in [0.2, 0.25) is 0 Å². The van der Waals surface area contributed by atoms with Crippen molar-refractivity contribution in [3.05, 3.63) is 82.7 Å². The summed E-state index contributed by atoms with van der Waals surface area (Å²) in [5.74, 6) is 1.08. The Morgan fingerprint density at radius 3 is 2.69 bits per heavy atom. The number of hydrogen-bond donors (Lipinski definition) is 2. The van der Waals surface area contributed by atoms with Crippen LogP contribution in [0.4, 0.5) is 0 Å². The van der Waals surface area contributed by atoms with E-state index in [9.17, 15) is 0 Å². The van der Waals surface area contributed by atoms with Crippen LogP contribution in [0.2, 0.25) is 0 Å². The van der Waals surface area contributed by atoms with E-state index < -0.39 is 0 Å². The Morgan fingerprint density at radius 1 is 1.08 bits per heavy atom. The van der Waals surface area contributed by atoms with Crippen molar-refractivity contribution < 1.29 is 0 Å². The lowest BCUT2D eigenvalue weighted by Gasteiger charge is -2.20. The van der Waals surface area contributed by atoms with Gasteiger partial charge in [-0.1, -0.05) is 37.6 Å². The van der Waals surface area contributed by atoms with Crippen molar-refractivity contribution in [2.75, 3.05) is 0 Å². The lowest BCUT2D eigenvalue weighted by Crippen LogP contribution is -2.22. The van der Waals surface area contributed by atoms with E-state index in [0.29, 0.717) is 0 Å². The molecule has 0 saturated carbocycles. The topological polar surface area (TPSA) is 53.6 Å².